The van der Waals surface area contributed by atoms with Crippen LogP contribution in [-0.2, 0) is 4.79 Å². The van der Waals surface area contributed by atoms with Gasteiger partial charge in [0.05, 0.1) is 31.0 Å². The molecule has 0 aliphatic carbocycles. The first-order valence-electron chi connectivity index (χ1n) is 4.92. The maximum atomic E-state index is 11.4. The van der Waals surface area contributed by atoms with Crippen LogP contribution in [0.15, 0.2) is 0 Å². The molecule has 1 fully saturated rings. The summed E-state index contributed by atoms with van der Waals surface area (Å²) in [5.41, 5.74) is 0. The van der Waals surface area contributed by atoms with Gasteiger partial charge in [0.1, 0.15) is 5.78 Å². The van der Waals surface area contributed by atoms with Crippen LogP contribution in [0.2, 0.25) is 0 Å². The van der Waals surface area contributed by atoms with E-state index in [1.54, 1.807) is 4.90 Å². The molecule has 0 aromatic rings. The highest BCUT2D eigenvalue weighted by Gasteiger charge is 2.35. The van der Waals surface area contributed by atoms with E-state index in [-0.39, 0.29) is 5.92 Å². The van der Waals surface area contributed by atoms with Crippen LogP contribution in [-0.4, -0.2) is 24.4 Å². The highest BCUT2D eigenvalue weighted by molar-refractivity contribution is 5.81. The summed E-state index contributed by atoms with van der Waals surface area (Å²) in [6, 6.07) is 1.15. The highest BCUT2D eigenvalue weighted by Crippen LogP contribution is 2.08. The second-order valence-electron chi connectivity index (χ2n) is 4.27. The zero-order chi connectivity index (χ0) is 9.30. The Labute approximate surface area is 74.9 Å². The zero-order valence-corrected chi connectivity index (χ0v) is 8.55. The molecule has 0 aromatic heterocycles. The van der Waals surface area contributed by atoms with Gasteiger partial charge in [0.25, 0.3) is 0 Å². The molecule has 1 aliphatic rings. The summed E-state index contributed by atoms with van der Waals surface area (Å²) in [7, 11) is 0. The van der Waals surface area contributed by atoms with Crippen LogP contribution in [0.5, 0.6) is 0 Å². The summed E-state index contributed by atoms with van der Waals surface area (Å²) in [6.45, 7) is 9.75. The predicted molar refractivity (Wildman–Crippen MR) is 49.2 cm³/mol. The van der Waals surface area contributed by atoms with Crippen molar-refractivity contribution in [1.29, 1.82) is 0 Å². The standard InChI is InChI=1S/C10H19NO/c1-7(2)11-6-5-10(12)8(3)9(11)4/h7-9H,5-6H2,1-4H3/p+1/t8-,9+/m1/s1. The normalized spacial score (nSPS) is 37.4. The molecular formula is C10H20NO+. The average Bonchev–Trinajstić information content (AvgIpc) is 2.00. The van der Waals surface area contributed by atoms with Crippen molar-refractivity contribution in [2.75, 3.05) is 6.54 Å². The lowest BCUT2D eigenvalue weighted by atomic mass is 9.90. The van der Waals surface area contributed by atoms with Crippen molar-refractivity contribution in [3.05, 3.63) is 0 Å². The van der Waals surface area contributed by atoms with E-state index in [4.69, 9.17) is 0 Å². The SMILES string of the molecule is CC(C)[NH+]1CCC(=O)[C@H](C)[C@@H]1C. The maximum Gasteiger partial charge on any atom is 0.147 e. The van der Waals surface area contributed by atoms with E-state index in [1.807, 2.05) is 0 Å². The molecule has 12 heavy (non-hydrogen) atoms. The van der Waals surface area contributed by atoms with Crippen LogP contribution in [0.3, 0.4) is 0 Å². The van der Waals surface area contributed by atoms with Gasteiger partial charge in [-0.2, -0.15) is 0 Å². The summed E-state index contributed by atoms with van der Waals surface area (Å²) >= 11 is 0. The quantitative estimate of drug-likeness (QED) is 0.599. The molecule has 0 saturated carbocycles. The van der Waals surface area contributed by atoms with Gasteiger partial charge < -0.3 is 4.90 Å². The van der Waals surface area contributed by atoms with Crippen molar-refractivity contribution in [3.8, 4) is 0 Å². The third-order valence-corrected chi connectivity index (χ3v) is 3.24. The summed E-state index contributed by atoms with van der Waals surface area (Å²) in [5, 5.41) is 0. The number of hydrogen-bond donors (Lipinski definition) is 1. The Kier molecular flexibility index (Phi) is 2.89. The summed E-state index contributed by atoms with van der Waals surface area (Å²) in [6.07, 6.45) is 0.777. The van der Waals surface area contributed by atoms with Crippen LogP contribution in [0, 0.1) is 5.92 Å². The van der Waals surface area contributed by atoms with Crippen molar-refractivity contribution < 1.29 is 9.69 Å². The van der Waals surface area contributed by atoms with Crippen molar-refractivity contribution in [1.82, 2.24) is 0 Å². The van der Waals surface area contributed by atoms with E-state index < -0.39 is 0 Å². The molecule has 2 nitrogen and oxygen atoms in total. The van der Waals surface area contributed by atoms with E-state index in [2.05, 4.69) is 27.7 Å². The molecule has 0 aromatic carbocycles. The van der Waals surface area contributed by atoms with Gasteiger partial charge in [0.2, 0.25) is 0 Å². The average molecular weight is 170 g/mol. The van der Waals surface area contributed by atoms with Crippen LogP contribution in [0.1, 0.15) is 34.1 Å². The number of likely N-dealkylation sites (tertiary alicyclic amines) is 1. The number of ketones is 1. The molecule has 1 saturated heterocycles. The highest BCUT2D eigenvalue weighted by atomic mass is 16.1. The van der Waals surface area contributed by atoms with E-state index in [0.717, 1.165) is 13.0 Å². The molecule has 70 valence electrons. The van der Waals surface area contributed by atoms with Gasteiger partial charge in [0.15, 0.2) is 0 Å². The van der Waals surface area contributed by atoms with Crippen molar-refractivity contribution in [2.45, 2.75) is 46.2 Å². The monoisotopic (exact) mass is 170 g/mol. The van der Waals surface area contributed by atoms with Gasteiger partial charge in [-0.3, -0.25) is 4.79 Å². The number of hydrogen-bond acceptors (Lipinski definition) is 1. The fourth-order valence-corrected chi connectivity index (χ4v) is 2.14. The third kappa shape index (κ3) is 1.69. The first-order valence-corrected chi connectivity index (χ1v) is 4.92. The minimum atomic E-state index is 0.260. The number of quaternary nitrogens is 1. The maximum absolute atomic E-state index is 11.4. The van der Waals surface area contributed by atoms with Crippen LogP contribution in [0.4, 0.5) is 0 Å². The Morgan fingerprint density at radius 3 is 2.50 bits per heavy atom. The largest absolute Gasteiger partial charge is 0.330 e. The van der Waals surface area contributed by atoms with Gasteiger partial charge >= 0.3 is 0 Å². The Hall–Kier alpha value is -0.370. The van der Waals surface area contributed by atoms with Gasteiger partial charge in [-0.15, -0.1) is 0 Å². The van der Waals surface area contributed by atoms with E-state index in [0.29, 0.717) is 17.9 Å². The molecule has 1 heterocycles. The van der Waals surface area contributed by atoms with E-state index in [1.165, 1.54) is 0 Å². The molecular weight excluding hydrogens is 150 g/mol. The number of piperidine rings is 1. The second-order valence-corrected chi connectivity index (χ2v) is 4.27. The first kappa shape index (κ1) is 9.72. The lowest BCUT2D eigenvalue weighted by Crippen LogP contribution is -3.20. The molecule has 1 unspecified atom stereocenters. The third-order valence-electron chi connectivity index (χ3n) is 3.24. The van der Waals surface area contributed by atoms with Crippen molar-refractivity contribution >= 4 is 5.78 Å². The molecule has 2 heteroatoms. The van der Waals surface area contributed by atoms with Crippen LogP contribution < -0.4 is 4.90 Å². The number of carbonyl (C=O) groups excluding carboxylic acids is 1. The predicted octanol–water partition coefficient (Wildman–Crippen LogP) is 0.277. The Bertz CT molecular complexity index is 177. The van der Waals surface area contributed by atoms with Crippen LogP contribution >= 0.6 is 0 Å². The van der Waals surface area contributed by atoms with Crippen molar-refractivity contribution in [3.63, 3.8) is 0 Å². The van der Waals surface area contributed by atoms with Gasteiger partial charge in [-0.25, -0.2) is 0 Å². The topological polar surface area (TPSA) is 21.5 Å². The Morgan fingerprint density at radius 2 is 2.00 bits per heavy atom. The molecule has 0 radical (unpaired) electrons. The number of carbonyl (C=O) groups is 1. The van der Waals surface area contributed by atoms with Gasteiger partial charge in [0, 0.05) is 0 Å². The van der Waals surface area contributed by atoms with Gasteiger partial charge in [-0.1, -0.05) is 0 Å². The smallest absolute Gasteiger partial charge is 0.147 e. The number of Topliss-reactive ketones (excluding diaryl/α,β-unsaturated/α-hetero) is 1. The lowest BCUT2D eigenvalue weighted by molar-refractivity contribution is -0.948. The second kappa shape index (κ2) is 3.56. The molecule has 1 aliphatic heterocycles. The molecule has 1 rings (SSSR count). The van der Waals surface area contributed by atoms with Gasteiger partial charge in [-0.05, 0) is 27.7 Å². The summed E-state index contributed by atoms with van der Waals surface area (Å²) < 4.78 is 0. The first-order chi connectivity index (χ1) is 5.54. The molecule has 0 bridgehead atoms. The Balaban J connectivity index is 2.65. The summed E-state index contributed by atoms with van der Waals surface area (Å²) in [5.74, 6) is 0.711. The molecule has 1 N–H and O–H groups in total. The van der Waals surface area contributed by atoms with Crippen LogP contribution in [0.25, 0.3) is 0 Å². The number of rotatable bonds is 1. The molecule has 0 amide bonds. The van der Waals surface area contributed by atoms with E-state index in [9.17, 15) is 4.79 Å². The fourth-order valence-electron chi connectivity index (χ4n) is 2.14. The minimum Gasteiger partial charge on any atom is -0.330 e. The summed E-state index contributed by atoms with van der Waals surface area (Å²) in [4.78, 5) is 12.9. The number of nitrogens with one attached hydrogen (secondary N) is 1. The fraction of sp³-hybridized carbons (Fsp3) is 0.900. The lowest BCUT2D eigenvalue weighted by Gasteiger charge is -2.36. The molecule has 0 spiro atoms. The van der Waals surface area contributed by atoms with E-state index >= 15 is 0 Å². The van der Waals surface area contributed by atoms with Crippen molar-refractivity contribution in [2.24, 2.45) is 5.92 Å². The zero-order valence-electron chi connectivity index (χ0n) is 8.55. The minimum absolute atomic E-state index is 0.260. The molecule has 3 atom stereocenters. The Morgan fingerprint density at radius 1 is 1.42 bits per heavy atom.